The summed E-state index contributed by atoms with van der Waals surface area (Å²) in [4.78, 5) is 6.60. The molecule has 0 atom stereocenters. The number of nitrogens with two attached hydrogens (primary N) is 1. The lowest BCUT2D eigenvalue weighted by atomic mass is 10.2. The van der Waals surface area contributed by atoms with E-state index in [0.29, 0.717) is 36.6 Å². The van der Waals surface area contributed by atoms with E-state index in [9.17, 15) is 0 Å². The number of aromatic nitrogens is 1. The molecule has 0 radical (unpaired) electrons. The molecular weight excluding hydrogens is 254 g/mol. The van der Waals surface area contributed by atoms with Gasteiger partial charge in [-0.15, -0.1) is 0 Å². The number of ether oxygens (including phenoxy) is 2. The van der Waals surface area contributed by atoms with Crippen LogP contribution in [-0.4, -0.2) is 42.7 Å². The molecule has 2 N–H and O–H groups in total. The van der Waals surface area contributed by atoms with Gasteiger partial charge in [0.25, 0.3) is 0 Å². The Morgan fingerprint density at radius 2 is 1.90 bits per heavy atom. The molecule has 0 aliphatic rings. The Morgan fingerprint density at radius 3 is 2.50 bits per heavy atom. The van der Waals surface area contributed by atoms with Gasteiger partial charge in [-0.3, -0.25) is 0 Å². The van der Waals surface area contributed by atoms with Gasteiger partial charge >= 0.3 is 0 Å². The van der Waals surface area contributed by atoms with Crippen molar-refractivity contribution in [1.29, 1.82) is 0 Å². The van der Waals surface area contributed by atoms with Crippen LogP contribution in [0.5, 0.6) is 11.8 Å². The van der Waals surface area contributed by atoms with Gasteiger partial charge < -0.3 is 20.1 Å². The zero-order valence-corrected chi connectivity index (χ0v) is 13.1. The second-order valence-corrected chi connectivity index (χ2v) is 5.12. The monoisotopic (exact) mass is 281 g/mol. The summed E-state index contributed by atoms with van der Waals surface area (Å²) in [5.74, 6) is 1.45. The maximum absolute atomic E-state index is 5.84. The Kier molecular flexibility index (Phi) is 7.15. The van der Waals surface area contributed by atoms with Crippen molar-refractivity contribution in [2.75, 3.05) is 38.6 Å². The molecule has 0 aliphatic carbocycles. The van der Waals surface area contributed by atoms with Crippen molar-refractivity contribution in [3.63, 3.8) is 0 Å². The van der Waals surface area contributed by atoms with Crippen molar-refractivity contribution in [3.05, 3.63) is 12.1 Å². The smallest absolute Gasteiger partial charge is 0.240 e. The maximum atomic E-state index is 5.84. The Labute approximate surface area is 122 Å². The molecule has 0 amide bonds. The first-order chi connectivity index (χ1) is 9.56. The largest absolute Gasteiger partial charge is 0.476 e. The highest BCUT2D eigenvalue weighted by molar-refractivity contribution is 5.49. The molecular formula is C15H27N3O2. The fourth-order valence-electron chi connectivity index (χ4n) is 1.69. The first-order valence-electron chi connectivity index (χ1n) is 7.31. The highest BCUT2D eigenvalue weighted by atomic mass is 16.5. The zero-order chi connectivity index (χ0) is 15.0. The summed E-state index contributed by atoms with van der Waals surface area (Å²) in [7, 11) is 0. The van der Waals surface area contributed by atoms with Crippen molar-refractivity contribution in [2.24, 2.45) is 5.92 Å². The van der Waals surface area contributed by atoms with Crippen LogP contribution in [-0.2, 0) is 0 Å². The summed E-state index contributed by atoms with van der Waals surface area (Å²) in [6.07, 6.45) is 0. The quantitative estimate of drug-likeness (QED) is 0.753. The number of pyridine rings is 1. The number of anilines is 1. The second kappa shape index (κ2) is 8.64. The molecule has 0 saturated heterocycles. The van der Waals surface area contributed by atoms with Crippen LogP contribution >= 0.6 is 0 Å². The minimum Gasteiger partial charge on any atom is -0.476 e. The highest BCUT2D eigenvalue weighted by Gasteiger charge is 2.07. The van der Waals surface area contributed by atoms with E-state index in [0.717, 1.165) is 19.6 Å². The number of nitrogens with zero attached hydrogens (tertiary/aromatic N) is 2. The van der Waals surface area contributed by atoms with Crippen LogP contribution in [0.15, 0.2) is 12.1 Å². The van der Waals surface area contributed by atoms with Crippen LogP contribution in [0, 0.1) is 5.92 Å². The third-order valence-electron chi connectivity index (χ3n) is 2.97. The third-order valence-corrected chi connectivity index (χ3v) is 2.97. The van der Waals surface area contributed by atoms with Crippen molar-refractivity contribution < 1.29 is 9.47 Å². The normalized spacial score (nSPS) is 11.1. The van der Waals surface area contributed by atoms with Gasteiger partial charge in [0.15, 0.2) is 0 Å². The molecule has 20 heavy (non-hydrogen) atoms. The second-order valence-electron chi connectivity index (χ2n) is 5.12. The summed E-state index contributed by atoms with van der Waals surface area (Å²) >= 11 is 0. The number of rotatable bonds is 9. The molecule has 0 aromatic carbocycles. The van der Waals surface area contributed by atoms with Crippen LogP contribution in [0.4, 0.5) is 5.69 Å². The first kappa shape index (κ1) is 16.6. The molecule has 5 nitrogen and oxygen atoms in total. The summed E-state index contributed by atoms with van der Waals surface area (Å²) in [5.41, 5.74) is 6.39. The summed E-state index contributed by atoms with van der Waals surface area (Å²) in [6, 6.07) is 3.55. The van der Waals surface area contributed by atoms with E-state index in [1.807, 2.05) is 0 Å². The van der Waals surface area contributed by atoms with Crippen LogP contribution in [0.1, 0.15) is 27.7 Å². The lowest BCUT2D eigenvalue weighted by molar-refractivity contribution is 0.213. The Balaban J connectivity index is 2.52. The first-order valence-corrected chi connectivity index (χ1v) is 7.31. The molecule has 1 rings (SSSR count). The van der Waals surface area contributed by atoms with Gasteiger partial charge in [-0.1, -0.05) is 27.7 Å². The minimum absolute atomic E-state index is 0.434. The Bertz CT molecular complexity index is 393. The lowest BCUT2D eigenvalue weighted by Crippen LogP contribution is -2.28. The van der Waals surface area contributed by atoms with Crippen molar-refractivity contribution in [1.82, 2.24) is 9.88 Å². The highest BCUT2D eigenvalue weighted by Crippen LogP contribution is 2.22. The van der Waals surface area contributed by atoms with Gasteiger partial charge in [0.05, 0.1) is 12.3 Å². The van der Waals surface area contributed by atoms with Crippen LogP contribution in [0.25, 0.3) is 0 Å². The minimum atomic E-state index is 0.434. The van der Waals surface area contributed by atoms with Crippen LogP contribution < -0.4 is 15.2 Å². The Hall–Kier alpha value is -1.49. The van der Waals surface area contributed by atoms with Crippen molar-refractivity contribution in [2.45, 2.75) is 27.7 Å². The number of hydrogen-bond acceptors (Lipinski definition) is 5. The topological polar surface area (TPSA) is 60.6 Å². The third kappa shape index (κ3) is 5.65. The van der Waals surface area contributed by atoms with E-state index in [2.05, 4.69) is 37.6 Å². The molecule has 5 heteroatoms. The van der Waals surface area contributed by atoms with Crippen molar-refractivity contribution in [3.8, 4) is 11.8 Å². The molecule has 0 bridgehead atoms. The van der Waals surface area contributed by atoms with Gasteiger partial charge in [0.2, 0.25) is 11.8 Å². The molecule has 0 aliphatic heterocycles. The average Bonchev–Trinajstić information content (AvgIpc) is 2.43. The number of hydrogen-bond donors (Lipinski definition) is 1. The van der Waals surface area contributed by atoms with Crippen molar-refractivity contribution >= 4 is 5.69 Å². The maximum Gasteiger partial charge on any atom is 0.240 e. The fraction of sp³-hybridized carbons (Fsp3) is 0.667. The van der Waals surface area contributed by atoms with Gasteiger partial charge in [-0.2, -0.15) is 4.98 Å². The predicted octanol–water partition coefficient (Wildman–Crippen LogP) is 2.42. The van der Waals surface area contributed by atoms with E-state index in [4.69, 9.17) is 15.2 Å². The van der Waals surface area contributed by atoms with E-state index in [1.54, 1.807) is 12.1 Å². The average molecular weight is 281 g/mol. The van der Waals surface area contributed by atoms with Crippen LogP contribution in [0.3, 0.4) is 0 Å². The summed E-state index contributed by atoms with van der Waals surface area (Å²) in [5, 5.41) is 0. The molecule has 1 aromatic heterocycles. The molecule has 1 heterocycles. The van der Waals surface area contributed by atoms with Gasteiger partial charge in [0.1, 0.15) is 6.61 Å². The zero-order valence-electron chi connectivity index (χ0n) is 13.1. The summed E-state index contributed by atoms with van der Waals surface area (Å²) in [6.45, 7) is 12.6. The molecule has 114 valence electrons. The summed E-state index contributed by atoms with van der Waals surface area (Å²) < 4.78 is 11.2. The fourth-order valence-corrected chi connectivity index (χ4v) is 1.69. The Morgan fingerprint density at radius 1 is 1.20 bits per heavy atom. The van der Waals surface area contributed by atoms with Gasteiger partial charge in [0, 0.05) is 12.6 Å². The van der Waals surface area contributed by atoms with Crippen LogP contribution in [0.2, 0.25) is 0 Å². The molecule has 1 aromatic rings. The molecule has 0 spiro atoms. The number of likely N-dealkylation sites (N-methyl/N-ethyl adjacent to an activating group) is 1. The van der Waals surface area contributed by atoms with Gasteiger partial charge in [-0.05, 0) is 25.1 Å². The standard InChI is InChI=1S/C15H27N3O2/c1-5-18(6-2)9-10-19-14-8-7-13(16)15(17-14)20-11-12(3)4/h7-8,12H,5-6,9-11,16H2,1-4H3. The van der Waals surface area contributed by atoms with Gasteiger partial charge in [-0.25, -0.2) is 0 Å². The molecule has 0 unspecified atom stereocenters. The predicted molar refractivity (Wildman–Crippen MR) is 82.3 cm³/mol. The number of nitrogen functional groups attached to an aromatic ring is 1. The van der Waals surface area contributed by atoms with E-state index < -0.39 is 0 Å². The van der Waals surface area contributed by atoms with E-state index >= 15 is 0 Å². The lowest BCUT2D eigenvalue weighted by Gasteiger charge is -2.18. The molecule has 0 fully saturated rings. The SMILES string of the molecule is CCN(CC)CCOc1ccc(N)c(OCC(C)C)n1. The van der Waals surface area contributed by atoms with E-state index in [-0.39, 0.29) is 0 Å². The molecule has 0 saturated carbocycles. The van der Waals surface area contributed by atoms with E-state index in [1.165, 1.54) is 0 Å².